The molecule has 0 spiro atoms. The fraction of sp³-hybridized carbons (Fsp3) is 0.533. The second-order valence-electron chi connectivity index (χ2n) is 5.95. The van der Waals surface area contributed by atoms with E-state index >= 15 is 0 Å². The Morgan fingerprint density at radius 3 is 2.62 bits per heavy atom. The standard InChI is InChI=1S/C15H18N4O2/c1-18(13-7-11-3-4-12(8-13)17-11)14-5-2-10(9-16)6-15(14)19(20)21/h2,5-6,11-13,17H,3-4,7-8H2,1H3. The van der Waals surface area contributed by atoms with Crippen molar-refractivity contribution in [1.82, 2.24) is 5.32 Å². The Labute approximate surface area is 123 Å². The number of nitrogens with one attached hydrogen (secondary N) is 1. The van der Waals surface area contributed by atoms with E-state index in [2.05, 4.69) is 5.32 Å². The van der Waals surface area contributed by atoms with Crippen LogP contribution in [0.3, 0.4) is 0 Å². The Balaban J connectivity index is 1.89. The third-order valence-corrected chi connectivity index (χ3v) is 4.68. The highest BCUT2D eigenvalue weighted by Gasteiger charge is 2.36. The van der Waals surface area contributed by atoms with Crippen molar-refractivity contribution in [2.75, 3.05) is 11.9 Å². The smallest absolute Gasteiger partial charge is 0.293 e. The normalized spacial score (nSPS) is 27.1. The molecule has 0 aliphatic carbocycles. The number of rotatable bonds is 3. The quantitative estimate of drug-likeness (QED) is 0.680. The molecule has 2 heterocycles. The van der Waals surface area contributed by atoms with Crippen molar-refractivity contribution < 1.29 is 4.92 Å². The molecule has 2 aliphatic rings. The van der Waals surface area contributed by atoms with E-state index in [1.807, 2.05) is 18.0 Å². The van der Waals surface area contributed by atoms with Crippen LogP contribution >= 0.6 is 0 Å². The Morgan fingerprint density at radius 1 is 1.38 bits per heavy atom. The Kier molecular flexibility index (Phi) is 3.52. The lowest BCUT2D eigenvalue weighted by Crippen LogP contribution is -2.47. The molecule has 0 amide bonds. The van der Waals surface area contributed by atoms with Gasteiger partial charge in [-0.05, 0) is 37.8 Å². The van der Waals surface area contributed by atoms with E-state index < -0.39 is 4.92 Å². The van der Waals surface area contributed by atoms with E-state index in [1.54, 1.807) is 12.1 Å². The second-order valence-corrected chi connectivity index (χ2v) is 5.95. The maximum atomic E-state index is 11.3. The van der Waals surface area contributed by atoms with Crippen molar-refractivity contribution in [3.63, 3.8) is 0 Å². The van der Waals surface area contributed by atoms with Crippen molar-refractivity contribution in [3.8, 4) is 6.07 Å². The van der Waals surface area contributed by atoms with Crippen LogP contribution in [-0.2, 0) is 0 Å². The number of anilines is 1. The van der Waals surface area contributed by atoms with Crippen LogP contribution in [0.1, 0.15) is 31.2 Å². The number of nitro benzene ring substituents is 1. The molecule has 6 nitrogen and oxygen atoms in total. The molecule has 21 heavy (non-hydrogen) atoms. The van der Waals surface area contributed by atoms with Crippen LogP contribution in [0.15, 0.2) is 18.2 Å². The first kappa shape index (κ1) is 13.8. The van der Waals surface area contributed by atoms with E-state index in [0.29, 0.717) is 29.4 Å². The Hall–Kier alpha value is -2.13. The molecule has 2 unspecified atom stereocenters. The first-order valence-corrected chi connectivity index (χ1v) is 7.26. The van der Waals surface area contributed by atoms with Crippen molar-refractivity contribution in [2.45, 2.75) is 43.8 Å². The number of nitrogens with zero attached hydrogens (tertiary/aromatic N) is 3. The molecule has 1 aromatic carbocycles. The van der Waals surface area contributed by atoms with Crippen molar-refractivity contribution in [3.05, 3.63) is 33.9 Å². The van der Waals surface area contributed by atoms with Crippen molar-refractivity contribution >= 4 is 11.4 Å². The zero-order valence-corrected chi connectivity index (χ0v) is 12.0. The number of fused-ring (bicyclic) bond motifs is 2. The molecule has 3 rings (SSSR count). The summed E-state index contributed by atoms with van der Waals surface area (Å²) in [5.41, 5.74) is 0.942. The highest BCUT2D eigenvalue weighted by molar-refractivity contribution is 5.65. The first-order chi connectivity index (χ1) is 10.1. The lowest BCUT2D eigenvalue weighted by atomic mass is 9.97. The molecule has 2 saturated heterocycles. The highest BCUT2D eigenvalue weighted by atomic mass is 16.6. The van der Waals surface area contributed by atoms with Crippen LogP contribution in [0.2, 0.25) is 0 Å². The van der Waals surface area contributed by atoms with Gasteiger partial charge in [-0.15, -0.1) is 0 Å². The molecule has 2 aliphatic heterocycles. The van der Waals surface area contributed by atoms with Crippen LogP contribution < -0.4 is 10.2 Å². The average molecular weight is 286 g/mol. The van der Waals surface area contributed by atoms with Crippen LogP contribution in [0, 0.1) is 21.4 Å². The molecule has 0 saturated carbocycles. The van der Waals surface area contributed by atoms with Gasteiger partial charge in [-0.2, -0.15) is 5.26 Å². The topological polar surface area (TPSA) is 82.2 Å². The Morgan fingerprint density at radius 2 is 2.05 bits per heavy atom. The second kappa shape index (κ2) is 5.34. The largest absolute Gasteiger partial charge is 0.366 e. The summed E-state index contributed by atoms with van der Waals surface area (Å²) in [5, 5.41) is 23.8. The molecule has 2 atom stereocenters. The molecule has 2 bridgehead atoms. The van der Waals surface area contributed by atoms with Gasteiger partial charge in [-0.25, -0.2) is 0 Å². The maximum absolute atomic E-state index is 11.3. The molecular weight excluding hydrogens is 268 g/mol. The van der Waals surface area contributed by atoms with Crippen molar-refractivity contribution in [2.24, 2.45) is 0 Å². The molecule has 0 radical (unpaired) electrons. The third kappa shape index (κ3) is 2.57. The minimum Gasteiger partial charge on any atom is -0.366 e. The third-order valence-electron chi connectivity index (χ3n) is 4.68. The number of benzene rings is 1. The minimum atomic E-state index is -0.400. The molecule has 2 fully saturated rings. The number of nitro groups is 1. The van der Waals surface area contributed by atoms with E-state index in [1.165, 1.54) is 18.9 Å². The van der Waals surface area contributed by atoms with Gasteiger partial charge in [0.2, 0.25) is 0 Å². The number of piperidine rings is 1. The van der Waals surface area contributed by atoms with Gasteiger partial charge in [0.25, 0.3) is 5.69 Å². The first-order valence-electron chi connectivity index (χ1n) is 7.26. The van der Waals surface area contributed by atoms with Gasteiger partial charge in [0.1, 0.15) is 5.69 Å². The van der Waals surface area contributed by atoms with E-state index in [4.69, 9.17) is 5.26 Å². The van der Waals surface area contributed by atoms with E-state index in [9.17, 15) is 10.1 Å². The summed E-state index contributed by atoms with van der Waals surface area (Å²) in [6, 6.07) is 8.05. The summed E-state index contributed by atoms with van der Waals surface area (Å²) in [6.07, 6.45) is 4.43. The molecular formula is C15H18N4O2. The summed E-state index contributed by atoms with van der Waals surface area (Å²) >= 11 is 0. The van der Waals surface area contributed by atoms with Gasteiger partial charge < -0.3 is 10.2 Å². The van der Waals surface area contributed by atoms with Gasteiger partial charge in [-0.3, -0.25) is 10.1 Å². The lowest BCUT2D eigenvalue weighted by Gasteiger charge is -2.36. The SMILES string of the molecule is CN(c1ccc(C#N)cc1[N+](=O)[O-])C1CC2CCC(C1)N2. The monoisotopic (exact) mass is 286 g/mol. The number of hydrogen-bond donors (Lipinski definition) is 1. The van der Waals surface area contributed by atoms with Gasteiger partial charge in [0.05, 0.1) is 16.6 Å². The van der Waals surface area contributed by atoms with Gasteiger partial charge in [0, 0.05) is 31.2 Å². The molecule has 110 valence electrons. The van der Waals surface area contributed by atoms with Gasteiger partial charge in [0.15, 0.2) is 0 Å². The summed E-state index contributed by atoms with van der Waals surface area (Å²) in [5.74, 6) is 0. The zero-order chi connectivity index (χ0) is 15.0. The van der Waals surface area contributed by atoms with E-state index in [0.717, 1.165) is 12.8 Å². The maximum Gasteiger partial charge on any atom is 0.293 e. The van der Waals surface area contributed by atoms with Gasteiger partial charge >= 0.3 is 0 Å². The molecule has 6 heteroatoms. The molecule has 0 aromatic heterocycles. The predicted octanol–water partition coefficient (Wildman–Crippen LogP) is 2.19. The number of hydrogen-bond acceptors (Lipinski definition) is 5. The average Bonchev–Trinajstić information content (AvgIpc) is 2.84. The van der Waals surface area contributed by atoms with E-state index in [-0.39, 0.29) is 5.69 Å². The van der Waals surface area contributed by atoms with Gasteiger partial charge in [-0.1, -0.05) is 0 Å². The van der Waals surface area contributed by atoms with Crippen LogP contribution in [0.4, 0.5) is 11.4 Å². The fourth-order valence-electron chi connectivity index (χ4n) is 3.58. The summed E-state index contributed by atoms with van der Waals surface area (Å²) in [4.78, 5) is 12.9. The van der Waals surface area contributed by atoms with Crippen LogP contribution in [0.5, 0.6) is 0 Å². The Bertz CT molecular complexity index is 598. The lowest BCUT2D eigenvalue weighted by molar-refractivity contribution is -0.384. The molecule has 1 N–H and O–H groups in total. The summed E-state index contributed by atoms with van der Waals surface area (Å²) in [7, 11) is 1.92. The van der Waals surface area contributed by atoms with Crippen LogP contribution in [0.25, 0.3) is 0 Å². The zero-order valence-electron chi connectivity index (χ0n) is 12.0. The number of nitriles is 1. The minimum absolute atomic E-state index is 0.0161. The highest BCUT2D eigenvalue weighted by Crippen LogP contribution is 2.35. The van der Waals surface area contributed by atoms with Crippen LogP contribution in [-0.4, -0.2) is 30.1 Å². The summed E-state index contributed by atoms with van der Waals surface area (Å²) in [6.45, 7) is 0. The molecule has 1 aromatic rings. The van der Waals surface area contributed by atoms with Crippen molar-refractivity contribution in [1.29, 1.82) is 5.26 Å². The fourth-order valence-corrected chi connectivity index (χ4v) is 3.58. The predicted molar refractivity (Wildman–Crippen MR) is 79.2 cm³/mol. The summed E-state index contributed by atoms with van der Waals surface area (Å²) < 4.78 is 0.